The highest BCUT2D eigenvalue weighted by Crippen LogP contribution is 2.25. The summed E-state index contributed by atoms with van der Waals surface area (Å²) < 4.78 is 5.42. The molecule has 3 aromatic rings. The quantitative estimate of drug-likeness (QED) is 0.307. The molecule has 3 amide bonds. The third-order valence-electron chi connectivity index (χ3n) is 5.95. The second-order valence-electron chi connectivity index (χ2n) is 10.2. The first kappa shape index (κ1) is 29.0. The van der Waals surface area contributed by atoms with Crippen LogP contribution in [0, 0.1) is 19.4 Å². The predicted molar refractivity (Wildman–Crippen MR) is 151 cm³/mol. The van der Waals surface area contributed by atoms with E-state index in [4.69, 9.17) is 11.2 Å². The minimum Gasteiger partial charge on any atom is -0.444 e. The molecule has 2 unspecified atom stereocenters. The van der Waals surface area contributed by atoms with Crippen molar-refractivity contribution in [1.29, 1.82) is 0 Å². The van der Waals surface area contributed by atoms with Crippen molar-refractivity contribution in [3.05, 3.63) is 107 Å². The summed E-state index contributed by atoms with van der Waals surface area (Å²) >= 11 is 0. The molecule has 2 N–H and O–H groups in total. The van der Waals surface area contributed by atoms with E-state index in [-0.39, 0.29) is 13.0 Å². The number of benzene rings is 3. The minimum atomic E-state index is -1.12. The number of terminal acetylenes is 1. The van der Waals surface area contributed by atoms with Crippen LogP contribution in [0.1, 0.15) is 49.1 Å². The molecule has 7 nitrogen and oxygen atoms in total. The summed E-state index contributed by atoms with van der Waals surface area (Å²) in [5.41, 5.74) is 2.33. The molecule has 0 heterocycles. The molecule has 3 aromatic carbocycles. The van der Waals surface area contributed by atoms with Gasteiger partial charge in [0.15, 0.2) is 0 Å². The number of ether oxygens (including phenoxy) is 1. The number of carbonyl (C=O) groups is 3. The van der Waals surface area contributed by atoms with E-state index in [2.05, 4.69) is 16.7 Å². The molecule has 7 heteroatoms. The van der Waals surface area contributed by atoms with Crippen LogP contribution in [0.4, 0.5) is 4.79 Å². The summed E-state index contributed by atoms with van der Waals surface area (Å²) in [5.74, 6) is -1.04. The molecule has 0 fully saturated rings. The standard InChI is InChI=1S/C32H35N3O4/c1-6-35(30(37)27(21-24-16-9-7-10-17-24)34-31(38)39-32(3,4)5)28(26-20-14-13-15-23(26)2)29(36)33-22-25-18-11-8-12-19-25/h1,7-20,27-28H,21-22H2,2-5H3,(H,33,36)(H,34,38). The van der Waals surface area contributed by atoms with E-state index in [1.54, 1.807) is 32.9 Å². The molecule has 3 rings (SSSR count). The second kappa shape index (κ2) is 13.3. The molecular weight excluding hydrogens is 490 g/mol. The number of hydrogen-bond acceptors (Lipinski definition) is 4. The highest BCUT2D eigenvalue weighted by molar-refractivity contribution is 5.93. The Hall–Kier alpha value is -4.57. The van der Waals surface area contributed by atoms with E-state index in [9.17, 15) is 14.4 Å². The Labute approximate surface area is 230 Å². The number of amides is 3. The molecule has 2 atom stereocenters. The summed E-state index contributed by atoms with van der Waals surface area (Å²) in [4.78, 5) is 41.5. The first-order chi connectivity index (χ1) is 18.6. The maximum atomic E-state index is 14.0. The third kappa shape index (κ3) is 8.47. The highest BCUT2D eigenvalue weighted by Gasteiger charge is 2.36. The molecule has 0 saturated carbocycles. The van der Waals surface area contributed by atoms with E-state index >= 15 is 0 Å². The van der Waals surface area contributed by atoms with Gasteiger partial charge in [0.25, 0.3) is 5.91 Å². The smallest absolute Gasteiger partial charge is 0.408 e. The van der Waals surface area contributed by atoms with Crippen LogP contribution in [0.5, 0.6) is 0 Å². The Bertz CT molecular complexity index is 1310. The molecule has 0 saturated heterocycles. The van der Waals surface area contributed by atoms with Crippen molar-refractivity contribution >= 4 is 17.9 Å². The second-order valence-corrected chi connectivity index (χ2v) is 10.2. The lowest BCUT2D eigenvalue weighted by atomic mass is 9.97. The molecule has 0 radical (unpaired) electrons. The fourth-order valence-electron chi connectivity index (χ4n) is 4.11. The summed E-state index contributed by atoms with van der Waals surface area (Å²) in [6.45, 7) is 7.32. The molecular formula is C32H35N3O4. The minimum absolute atomic E-state index is 0.156. The topological polar surface area (TPSA) is 87.7 Å². The van der Waals surface area contributed by atoms with Gasteiger partial charge in [-0.3, -0.25) is 14.5 Å². The summed E-state index contributed by atoms with van der Waals surface area (Å²) in [7, 11) is 0. The van der Waals surface area contributed by atoms with Gasteiger partial charge in [-0.25, -0.2) is 4.79 Å². The summed E-state index contributed by atoms with van der Waals surface area (Å²) in [5, 5.41) is 5.59. The van der Waals surface area contributed by atoms with Crippen molar-refractivity contribution in [1.82, 2.24) is 15.5 Å². The van der Waals surface area contributed by atoms with E-state index < -0.39 is 35.6 Å². The van der Waals surface area contributed by atoms with Gasteiger partial charge in [0, 0.05) is 19.0 Å². The van der Waals surface area contributed by atoms with Crippen molar-refractivity contribution in [2.75, 3.05) is 0 Å². The molecule has 0 spiro atoms. The maximum absolute atomic E-state index is 14.0. The summed E-state index contributed by atoms with van der Waals surface area (Å²) in [6, 6.07) is 26.2. The molecule has 0 aliphatic rings. The number of aryl methyl sites for hydroxylation is 1. The van der Waals surface area contributed by atoms with Gasteiger partial charge in [-0.05, 0) is 49.9 Å². The average Bonchev–Trinajstić information content (AvgIpc) is 2.90. The van der Waals surface area contributed by atoms with Gasteiger partial charge in [0.2, 0.25) is 5.91 Å². The van der Waals surface area contributed by atoms with Gasteiger partial charge in [0.05, 0.1) is 0 Å². The fourth-order valence-corrected chi connectivity index (χ4v) is 4.11. The zero-order valence-electron chi connectivity index (χ0n) is 22.8. The van der Waals surface area contributed by atoms with Crippen molar-refractivity contribution < 1.29 is 19.1 Å². The lowest BCUT2D eigenvalue weighted by molar-refractivity contribution is -0.138. The zero-order chi connectivity index (χ0) is 28.4. The van der Waals surface area contributed by atoms with Crippen molar-refractivity contribution in [3.8, 4) is 12.5 Å². The van der Waals surface area contributed by atoms with Gasteiger partial charge in [-0.2, -0.15) is 0 Å². The number of hydrogen-bond donors (Lipinski definition) is 2. The van der Waals surface area contributed by atoms with E-state index in [0.717, 1.165) is 21.6 Å². The Balaban J connectivity index is 1.96. The van der Waals surface area contributed by atoms with Gasteiger partial charge < -0.3 is 15.4 Å². The Morgan fingerprint density at radius 2 is 1.46 bits per heavy atom. The van der Waals surface area contributed by atoms with Crippen molar-refractivity contribution in [2.24, 2.45) is 0 Å². The normalized spacial score (nSPS) is 12.4. The number of nitrogens with zero attached hydrogens (tertiary/aromatic N) is 1. The van der Waals surface area contributed by atoms with E-state index in [1.165, 1.54) is 0 Å². The lowest BCUT2D eigenvalue weighted by Crippen LogP contribution is -2.52. The molecule has 0 aliphatic carbocycles. The Morgan fingerprint density at radius 1 is 0.897 bits per heavy atom. The zero-order valence-corrected chi connectivity index (χ0v) is 22.8. The summed E-state index contributed by atoms with van der Waals surface area (Å²) in [6.07, 6.45) is 5.30. The molecule has 0 aromatic heterocycles. The number of alkyl carbamates (subject to hydrolysis) is 1. The largest absolute Gasteiger partial charge is 0.444 e. The number of rotatable bonds is 9. The fraction of sp³-hybridized carbons (Fsp3) is 0.281. The van der Waals surface area contributed by atoms with E-state index in [1.807, 2.05) is 79.7 Å². The van der Waals surface area contributed by atoms with Crippen LogP contribution >= 0.6 is 0 Å². The van der Waals surface area contributed by atoms with Gasteiger partial charge >= 0.3 is 6.09 Å². The molecule has 0 aliphatic heterocycles. The highest BCUT2D eigenvalue weighted by atomic mass is 16.6. The third-order valence-corrected chi connectivity index (χ3v) is 5.95. The molecule has 39 heavy (non-hydrogen) atoms. The van der Waals surface area contributed by atoms with Crippen LogP contribution in [-0.2, 0) is 27.3 Å². The van der Waals surface area contributed by atoms with Gasteiger partial charge in [-0.15, -0.1) is 0 Å². The lowest BCUT2D eigenvalue weighted by Gasteiger charge is -2.31. The predicted octanol–water partition coefficient (Wildman–Crippen LogP) is 4.91. The van der Waals surface area contributed by atoms with Crippen LogP contribution < -0.4 is 10.6 Å². The maximum Gasteiger partial charge on any atom is 0.408 e. The molecule has 202 valence electrons. The first-order valence-electron chi connectivity index (χ1n) is 12.8. The average molecular weight is 526 g/mol. The Kier molecular flexibility index (Phi) is 9.88. The van der Waals surface area contributed by atoms with Crippen LogP contribution in [0.2, 0.25) is 0 Å². The van der Waals surface area contributed by atoms with Crippen molar-refractivity contribution in [3.63, 3.8) is 0 Å². The van der Waals surface area contributed by atoms with Crippen LogP contribution in [0.15, 0.2) is 84.9 Å². The SMILES string of the molecule is C#CN(C(=O)C(Cc1ccccc1)NC(=O)OC(C)(C)C)C(C(=O)NCc1ccccc1)c1ccccc1C. The van der Waals surface area contributed by atoms with Gasteiger partial charge in [0.1, 0.15) is 17.7 Å². The molecule has 0 bridgehead atoms. The van der Waals surface area contributed by atoms with E-state index in [0.29, 0.717) is 5.56 Å². The first-order valence-corrected chi connectivity index (χ1v) is 12.8. The van der Waals surface area contributed by atoms with Crippen LogP contribution in [-0.4, -0.2) is 34.5 Å². The number of nitrogens with one attached hydrogen (secondary N) is 2. The van der Waals surface area contributed by atoms with Crippen molar-refractivity contribution in [2.45, 2.75) is 58.3 Å². The Morgan fingerprint density at radius 3 is 2.03 bits per heavy atom. The number of carbonyl (C=O) groups excluding carboxylic acids is 3. The monoisotopic (exact) mass is 525 g/mol. The van der Waals surface area contributed by atoms with Crippen LogP contribution in [0.25, 0.3) is 0 Å². The van der Waals surface area contributed by atoms with Gasteiger partial charge in [-0.1, -0.05) is 91.4 Å². The van der Waals surface area contributed by atoms with Crippen LogP contribution in [0.3, 0.4) is 0 Å².